The van der Waals surface area contributed by atoms with Gasteiger partial charge in [-0.1, -0.05) is 0 Å². The van der Waals surface area contributed by atoms with Crippen molar-refractivity contribution in [3.8, 4) is 11.8 Å². The molecule has 1 heterocycles. The van der Waals surface area contributed by atoms with Gasteiger partial charge in [0.25, 0.3) is 5.91 Å². The molecule has 0 saturated heterocycles. The zero-order valence-corrected chi connectivity index (χ0v) is 8.11. The van der Waals surface area contributed by atoms with Gasteiger partial charge in [0, 0.05) is 5.69 Å². The number of nitrogens with one attached hydrogen (secondary N) is 2. The molecule has 2 amide bonds. The molecule has 0 fully saturated rings. The lowest BCUT2D eigenvalue weighted by molar-refractivity contribution is -0.118. The van der Waals surface area contributed by atoms with Crippen LogP contribution in [0.5, 0.6) is 5.75 Å². The molecule has 0 radical (unpaired) electrons. The number of nitrogens with zero attached hydrogens (tertiary/aromatic N) is 1. The van der Waals surface area contributed by atoms with Crippen LogP contribution in [0.25, 0.3) is 0 Å². The molecule has 0 aliphatic carbocycles. The molecule has 6 heteroatoms. The molecule has 0 atom stereocenters. The minimum Gasteiger partial charge on any atom is -0.482 e. The third-order valence-corrected chi connectivity index (χ3v) is 1.97. The maximum absolute atomic E-state index is 11.0. The van der Waals surface area contributed by atoms with E-state index in [1.165, 1.54) is 12.1 Å². The first kappa shape index (κ1) is 9.98. The molecule has 0 saturated carbocycles. The number of hydrogen-bond acceptors (Lipinski definition) is 4. The Morgan fingerprint density at radius 3 is 3.12 bits per heavy atom. The van der Waals surface area contributed by atoms with Gasteiger partial charge >= 0.3 is 5.91 Å². The summed E-state index contributed by atoms with van der Waals surface area (Å²) in [5.74, 6) is -0.478. The molecule has 0 bridgehead atoms. The standard InChI is InChI=1S/C10H7N3O3/c11-4-9(14)12-6-1-2-8-7(3-6)13-10(15)5-16-8/h1-3H,5H2,(H,12,14)(H,13,15). The lowest BCUT2D eigenvalue weighted by Crippen LogP contribution is -2.25. The van der Waals surface area contributed by atoms with Crippen molar-refractivity contribution in [3.63, 3.8) is 0 Å². The molecule has 2 N–H and O–H groups in total. The second-order valence-corrected chi connectivity index (χ2v) is 3.11. The van der Waals surface area contributed by atoms with E-state index in [1.807, 2.05) is 0 Å². The highest BCUT2D eigenvalue weighted by Crippen LogP contribution is 2.30. The van der Waals surface area contributed by atoms with E-state index >= 15 is 0 Å². The number of anilines is 2. The first-order valence-corrected chi connectivity index (χ1v) is 4.47. The number of carbonyl (C=O) groups excluding carboxylic acids is 2. The van der Waals surface area contributed by atoms with Crippen LogP contribution < -0.4 is 15.4 Å². The summed E-state index contributed by atoms with van der Waals surface area (Å²) in [5.41, 5.74) is 0.906. The average molecular weight is 217 g/mol. The van der Waals surface area contributed by atoms with Gasteiger partial charge in [-0.05, 0) is 18.2 Å². The molecule has 1 aliphatic rings. The summed E-state index contributed by atoms with van der Waals surface area (Å²) >= 11 is 0. The second-order valence-electron chi connectivity index (χ2n) is 3.11. The number of amides is 2. The van der Waals surface area contributed by atoms with E-state index in [0.717, 1.165) is 0 Å². The van der Waals surface area contributed by atoms with Crippen molar-refractivity contribution in [2.24, 2.45) is 0 Å². The molecule has 6 nitrogen and oxygen atoms in total. The molecule has 0 spiro atoms. The molecule has 2 rings (SSSR count). The van der Waals surface area contributed by atoms with Gasteiger partial charge in [-0.2, -0.15) is 5.26 Å². The molecule has 0 aromatic heterocycles. The molecule has 80 valence electrons. The van der Waals surface area contributed by atoms with Crippen LogP contribution >= 0.6 is 0 Å². The van der Waals surface area contributed by atoms with Gasteiger partial charge in [-0.3, -0.25) is 9.59 Å². The largest absolute Gasteiger partial charge is 0.482 e. The predicted molar refractivity (Wildman–Crippen MR) is 54.8 cm³/mol. The van der Waals surface area contributed by atoms with Crippen LogP contribution in [0.1, 0.15) is 0 Å². The third kappa shape index (κ3) is 1.93. The first-order valence-electron chi connectivity index (χ1n) is 4.47. The fourth-order valence-corrected chi connectivity index (χ4v) is 1.32. The van der Waals surface area contributed by atoms with E-state index in [0.29, 0.717) is 17.1 Å². The highest BCUT2D eigenvalue weighted by molar-refractivity contribution is 6.03. The summed E-state index contributed by atoms with van der Waals surface area (Å²) in [6, 6.07) is 6.16. The number of carbonyl (C=O) groups is 2. The maximum Gasteiger partial charge on any atom is 0.326 e. The summed E-state index contributed by atoms with van der Waals surface area (Å²) in [5, 5.41) is 13.3. The fourth-order valence-electron chi connectivity index (χ4n) is 1.32. The van der Waals surface area contributed by atoms with Crippen molar-refractivity contribution in [3.05, 3.63) is 18.2 Å². The Balaban J connectivity index is 2.25. The molecular weight excluding hydrogens is 210 g/mol. The SMILES string of the molecule is N#CC(=O)Nc1ccc2c(c1)NC(=O)CO2. The van der Waals surface area contributed by atoms with E-state index in [9.17, 15) is 9.59 Å². The number of ether oxygens (including phenoxy) is 1. The van der Waals surface area contributed by atoms with Gasteiger partial charge in [0.1, 0.15) is 5.75 Å². The van der Waals surface area contributed by atoms with Crippen LogP contribution in [0.3, 0.4) is 0 Å². The minimum atomic E-state index is -0.761. The van der Waals surface area contributed by atoms with Crippen molar-refractivity contribution in [2.75, 3.05) is 17.2 Å². The van der Waals surface area contributed by atoms with Crippen LogP contribution in [0.2, 0.25) is 0 Å². The van der Waals surface area contributed by atoms with Crippen LogP contribution in [0, 0.1) is 11.3 Å². The monoisotopic (exact) mass is 217 g/mol. The summed E-state index contributed by atoms with van der Waals surface area (Å²) in [4.78, 5) is 21.9. The highest BCUT2D eigenvalue weighted by Gasteiger charge is 2.16. The van der Waals surface area contributed by atoms with Crippen LogP contribution in [-0.4, -0.2) is 18.4 Å². The zero-order chi connectivity index (χ0) is 11.5. The maximum atomic E-state index is 11.0. The van der Waals surface area contributed by atoms with Crippen LogP contribution in [0.15, 0.2) is 18.2 Å². The smallest absolute Gasteiger partial charge is 0.326 e. The number of fused-ring (bicyclic) bond motifs is 1. The van der Waals surface area contributed by atoms with E-state index in [2.05, 4.69) is 10.6 Å². The number of nitriles is 1. The van der Waals surface area contributed by atoms with Crippen LogP contribution in [0.4, 0.5) is 11.4 Å². The van der Waals surface area contributed by atoms with Gasteiger partial charge in [0.15, 0.2) is 12.7 Å². The quantitative estimate of drug-likeness (QED) is 0.669. The Morgan fingerprint density at radius 2 is 2.38 bits per heavy atom. The number of rotatable bonds is 1. The Hall–Kier alpha value is -2.55. The van der Waals surface area contributed by atoms with Crippen molar-refractivity contribution >= 4 is 23.2 Å². The van der Waals surface area contributed by atoms with Gasteiger partial charge in [-0.25, -0.2) is 0 Å². The number of benzene rings is 1. The molecule has 1 aliphatic heterocycles. The molecule has 0 unspecified atom stereocenters. The summed E-state index contributed by atoms with van der Waals surface area (Å²) in [7, 11) is 0. The fraction of sp³-hybridized carbons (Fsp3) is 0.100. The Morgan fingerprint density at radius 1 is 1.56 bits per heavy atom. The Bertz CT molecular complexity index is 505. The zero-order valence-electron chi connectivity index (χ0n) is 8.11. The topological polar surface area (TPSA) is 91.2 Å². The summed E-state index contributed by atoms with van der Waals surface area (Å²) in [6.07, 6.45) is 0. The van der Waals surface area contributed by atoms with Crippen molar-refractivity contribution in [2.45, 2.75) is 0 Å². The molecule has 1 aromatic carbocycles. The highest BCUT2D eigenvalue weighted by atomic mass is 16.5. The summed E-state index contributed by atoms with van der Waals surface area (Å²) in [6.45, 7) is -0.0170. The van der Waals surface area contributed by atoms with Gasteiger partial charge in [0.2, 0.25) is 0 Å². The summed E-state index contributed by atoms with van der Waals surface area (Å²) < 4.78 is 5.13. The van der Waals surface area contributed by atoms with Gasteiger partial charge < -0.3 is 15.4 Å². The van der Waals surface area contributed by atoms with E-state index < -0.39 is 5.91 Å². The van der Waals surface area contributed by atoms with E-state index in [1.54, 1.807) is 12.1 Å². The first-order chi connectivity index (χ1) is 7.69. The van der Waals surface area contributed by atoms with E-state index in [4.69, 9.17) is 10.00 Å². The lowest BCUT2D eigenvalue weighted by atomic mass is 10.2. The van der Waals surface area contributed by atoms with Crippen molar-refractivity contribution in [1.29, 1.82) is 5.26 Å². The van der Waals surface area contributed by atoms with Gasteiger partial charge in [0.05, 0.1) is 5.69 Å². The predicted octanol–water partition coefficient (Wildman–Crippen LogP) is 0.480. The normalized spacial score (nSPS) is 12.8. The third-order valence-electron chi connectivity index (χ3n) is 1.97. The van der Waals surface area contributed by atoms with Crippen molar-refractivity contribution < 1.29 is 14.3 Å². The average Bonchev–Trinajstić information content (AvgIpc) is 2.28. The number of hydrogen-bond donors (Lipinski definition) is 2. The van der Waals surface area contributed by atoms with Gasteiger partial charge in [-0.15, -0.1) is 0 Å². The Kier molecular flexibility index (Phi) is 2.44. The molecule has 1 aromatic rings. The Labute approximate surface area is 90.8 Å². The molecule has 16 heavy (non-hydrogen) atoms. The lowest BCUT2D eigenvalue weighted by Gasteiger charge is -2.18. The molecular formula is C10H7N3O3. The van der Waals surface area contributed by atoms with Crippen LogP contribution in [-0.2, 0) is 9.59 Å². The van der Waals surface area contributed by atoms with Crippen molar-refractivity contribution in [1.82, 2.24) is 0 Å². The second kappa shape index (κ2) is 3.90. The minimum absolute atomic E-state index is 0.0170. The van der Waals surface area contributed by atoms with E-state index in [-0.39, 0.29) is 12.5 Å².